The van der Waals surface area contributed by atoms with E-state index in [0.717, 1.165) is 25.7 Å². The summed E-state index contributed by atoms with van der Waals surface area (Å²) in [6.45, 7) is 0. The van der Waals surface area contributed by atoms with E-state index in [2.05, 4.69) is 24.3 Å². The summed E-state index contributed by atoms with van der Waals surface area (Å²) in [4.78, 5) is 0. The maximum atomic E-state index is 9.83. The Bertz CT molecular complexity index is 370. The highest BCUT2D eigenvalue weighted by Crippen LogP contribution is 2.27. The molecule has 2 fully saturated rings. The lowest BCUT2D eigenvalue weighted by Crippen LogP contribution is -2.26. The van der Waals surface area contributed by atoms with E-state index in [4.69, 9.17) is 5.11 Å². The van der Waals surface area contributed by atoms with Gasteiger partial charge in [-0.15, -0.1) is 0 Å². The minimum Gasteiger partial charge on any atom is -0.393 e. The second-order valence-corrected chi connectivity index (χ2v) is 6.59. The number of hydrogen-bond acceptors (Lipinski definition) is 2. The molecule has 21 heavy (non-hydrogen) atoms. The highest BCUT2D eigenvalue weighted by Gasteiger charge is 2.22. The third-order valence-corrected chi connectivity index (χ3v) is 4.78. The predicted octanol–water partition coefficient (Wildman–Crippen LogP) is 4.09. The Morgan fingerprint density at radius 1 is 0.762 bits per heavy atom. The maximum Gasteiger partial charge on any atom is 0.0571 e. The lowest BCUT2D eigenvalue weighted by molar-refractivity contribution is 0.0700. The fraction of sp³-hybridized carbons (Fsp3) is 0.684. The summed E-state index contributed by atoms with van der Waals surface area (Å²) in [6.07, 6.45) is 11.6. The van der Waals surface area contributed by atoms with Crippen LogP contribution in [0.25, 0.3) is 0 Å². The monoisotopic (exact) mass is 290 g/mol. The zero-order valence-corrected chi connectivity index (χ0v) is 13.1. The van der Waals surface area contributed by atoms with Crippen LogP contribution in [0, 0.1) is 5.92 Å². The van der Waals surface area contributed by atoms with Crippen molar-refractivity contribution >= 4 is 0 Å². The number of hydrogen-bond donors (Lipinski definition) is 2. The maximum absolute atomic E-state index is 9.83. The Labute approximate surface area is 129 Å². The van der Waals surface area contributed by atoms with Gasteiger partial charge in [-0.05, 0) is 43.6 Å². The molecule has 2 N–H and O–H groups in total. The molecule has 2 atom stereocenters. The summed E-state index contributed by atoms with van der Waals surface area (Å²) < 4.78 is 0. The van der Waals surface area contributed by atoms with Crippen molar-refractivity contribution in [3.63, 3.8) is 0 Å². The van der Waals surface area contributed by atoms with Crippen LogP contribution in [0.5, 0.6) is 0 Å². The average molecular weight is 290 g/mol. The van der Waals surface area contributed by atoms with E-state index >= 15 is 0 Å². The third-order valence-electron chi connectivity index (χ3n) is 4.78. The van der Waals surface area contributed by atoms with E-state index in [-0.39, 0.29) is 12.2 Å². The van der Waals surface area contributed by atoms with Crippen molar-refractivity contribution in [2.75, 3.05) is 0 Å². The Hall–Kier alpha value is -0.860. The summed E-state index contributed by atoms with van der Waals surface area (Å²) >= 11 is 0. The lowest BCUT2D eigenvalue weighted by Gasteiger charge is -2.27. The van der Waals surface area contributed by atoms with Gasteiger partial charge in [0, 0.05) is 0 Å². The van der Waals surface area contributed by atoms with Gasteiger partial charge < -0.3 is 10.2 Å². The van der Waals surface area contributed by atoms with Gasteiger partial charge in [-0.25, -0.2) is 0 Å². The summed E-state index contributed by atoms with van der Waals surface area (Å²) in [7, 11) is 0. The molecule has 0 bridgehead atoms. The second kappa shape index (κ2) is 9.22. The zero-order chi connectivity index (χ0) is 14.9. The molecule has 0 saturated heterocycles. The van der Waals surface area contributed by atoms with Crippen molar-refractivity contribution in [1.82, 2.24) is 0 Å². The van der Waals surface area contributed by atoms with Crippen molar-refractivity contribution in [3.8, 4) is 0 Å². The van der Waals surface area contributed by atoms with Crippen LogP contribution in [0.4, 0.5) is 0 Å². The van der Waals surface area contributed by atoms with Gasteiger partial charge in [-0.1, -0.05) is 62.4 Å². The zero-order valence-electron chi connectivity index (χ0n) is 13.1. The molecule has 0 spiro atoms. The first-order valence-electron chi connectivity index (χ1n) is 8.66. The minimum atomic E-state index is -0.0658. The van der Waals surface area contributed by atoms with Crippen molar-refractivity contribution in [2.45, 2.75) is 76.4 Å². The fourth-order valence-corrected chi connectivity index (χ4v) is 3.42. The minimum absolute atomic E-state index is 0.0359. The lowest BCUT2D eigenvalue weighted by atomic mass is 9.82. The van der Waals surface area contributed by atoms with E-state index in [1.807, 2.05) is 6.07 Å². The molecule has 0 aromatic heterocycles. The molecule has 0 amide bonds. The SMILES string of the molecule is OC1CCCCC1.OC1CCCCC1Cc1ccccc1. The molecule has 0 aliphatic heterocycles. The molecule has 0 heterocycles. The number of benzene rings is 1. The summed E-state index contributed by atoms with van der Waals surface area (Å²) in [6, 6.07) is 10.5. The molecule has 118 valence electrons. The van der Waals surface area contributed by atoms with Crippen LogP contribution in [0.1, 0.15) is 63.4 Å². The van der Waals surface area contributed by atoms with Gasteiger partial charge in [0.05, 0.1) is 12.2 Å². The van der Waals surface area contributed by atoms with Gasteiger partial charge in [-0.3, -0.25) is 0 Å². The third kappa shape index (κ3) is 6.19. The molecular formula is C19H30O2. The predicted molar refractivity (Wildman–Crippen MR) is 87.2 cm³/mol. The standard InChI is InChI=1S/C13H18O.C6H12O/c14-13-9-5-4-8-12(13)10-11-6-2-1-3-7-11;7-6-4-2-1-3-5-6/h1-3,6-7,12-14H,4-5,8-10H2;6-7H,1-5H2. The summed E-state index contributed by atoms with van der Waals surface area (Å²) in [5, 5.41) is 18.7. The quantitative estimate of drug-likeness (QED) is 0.861. The largest absolute Gasteiger partial charge is 0.393 e. The van der Waals surface area contributed by atoms with E-state index in [1.54, 1.807) is 0 Å². The smallest absolute Gasteiger partial charge is 0.0571 e. The van der Waals surface area contributed by atoms with Crippen LogP contribution < -0.4 is 0 Å². The number of rotatable bonds is 2. The Morgan fingerprint density at radius 2 is 1.38 bits per heavy atom. The van der Waals surface area contributed by atoms with Gasteiger partial charge in [0.1, 0.15) is 0 Å². The molecule has 3 rings (SSSR count). The van der Waals surface area contributed by atoms with Crippen LogP contribution in [0.3, 0.4) is 0 Å². The Morgan fingerprint density at radius 3 is 1.95 bits per heavy atom. The molecule has 0 radical (unpaired) electrons. The van der Waals surface area contributed by atoms with E-state index in [0.29, 0.717) is 5.92 Å². The molecule has 1 aromatic rings. The summed E-state index contributed by atoms with van der Waals surface area (Å²) in [5.41, 5.74) is 1.36. The van der Waals surface area contributed by atoms with Crippen LogP contribution in [-0.4, -0.2) is 22.4 Å². The first kappa shape index (κ1) is 16.5. The molecule has 2 unspecified atom stereocenters. The Balaban J connectivity index is 0.000000194. The van der Waals surface area contributed by atoms with Gasteiger partial charge in [-0.2, -0.15) is 0 Å². The summed E-state index contributed by atoms with van der Waals surface area (Å²) in [5.74, 6) is 0.492. The Kier molecular flexibility index (Phi) is 7.25. The molecule has 1 aromatic carbocycles. The highest BCUT2D eigenvalue weighted by molar-refractivity contribution is 5.15. The first-order valence-corrected chi connectivity index (χ1v) is 8.66. The van der Waals surface area contributed by atoms with Gasteiger partial charge in [0.2, 0.25) is 0 Å². The molecule has 2 heteroatoms. The normalized spacial score (nSPS) is 26.8. The van der Waals surface area contributed by atoms with E-state index in [1.165, 1.54) is 44.1 Å². The molecular weight excluding hydrogens is 260 g/mol. The van der Waals surface area contributed by atoms with Gasteiger partial charge in [0.25, 0.3) is 0 Å². The van der Waals surface area contributed by atoms with Crippen LogP contribution in [0.2, 0.25) is 0 Å². The first-order chi connectivity index (χ1) is 10.3. The second-order valence-electron chi connectivity index (χ2n) is 6.59. The van der Waals surface area contributed by atoms with E-state index in [9.17, 15) is 5.11 Å². The van der Waals surface area contributed by atoms with E-state index < -0.39 is 0 Å². The number of aliphatic hydroxyl groups excluding tert-OH is 2. The molecule has 2 aliphatic carbocycles. The number of aliphatic hydroxyl groups is 2. The molecule has 2 saturated carbocycles. The van der Waals surface area contributed by atoms with Crippen LogP contribution in [-0.2, 0) is 6.42 Å². The van der Waals surface area contributed by atoms with Crippen molar-refractivity contribution in [2.24, 2.45) is 5.92 Å². The molecule has 2 aliphatic rings. The molecule has 2 nitrogen and oxygen atoms in total. The fourth-order valence-electron chi connectivity index (χ4n) is 3.42. The van der Waals surface area contributed by atoms with Crippen LogP contribution in [0.15, 0.2) is 30.3 Å². The average Bonchev–Trinajstić information content (AvgIpc) is 2.52. The van der Waals surface area contributed by atoms with Gasteiger partial charge >= 0.3 is 0 Å². The van der Waals surface area contributed by atoms with Gasteiger partial charge in [0.15, 0.2) is 0 Å². The van der Waals surface area contributed by atoms with Crippen molar-refractivity contribution < 1.29 is 10.2 Å². The van der Waals surface area contributed by atoms with Crippen molar-refractivity contribution in [1.29, 1.82) is 0 Å². The van der Waals surface area contributed by atoms with Crippen molar-refractivity contribution in [3.05, 3.63) is 35.9 Å². The topological polar surface area (TPSA) is 40.5 Å². The van der Waals surface area contributed by atoms with Crippen LogP contribution >= 0.6 is 0 Å². The highest BCUT2D eigenvalue weighted by atomic mass is 16.3.